The van der Waals surface area contributed by atoms with Crippen molar-refractivity contribution in [3.63, 3.8) is 0 Å². The highest BCUT2D eigenvalue weighted by Crippen LogP contribution is 2.34. The summed E-state index contributed by atoms with van der Waals surface area (Å²) in [6.45, 7) is 2.26. The Bertz CT molecular complexity index is 924. The van der Waals surface area contributed by atoms with Crippen LogP contribution in [-0.2, 0) is 14.4 Å². The molecule has 1 saturated carbocycles. The number of anilines is 1. The van der Waals surface area contributed by atoms with Crippen molar-refractivity contribution in [3.05, 3.63) is 54.6 Å². The molecule has 0 radical (unpaired) electrons. The summed E-state index contributed by atoms with van der Waals surface area (Å²) in [5.74, 6) is 0.304. The maximum atomic E-state index is 13.1. The molecule has 0 bridgehead atoms. The summed E-state index contributed by atoms with van der Waals surface area (Å²) < 4.78 is 11.0. The minimum atomic E-state index is -0.788. The molecule has 0 spiro atoms. The number of nitrogens with zero attached hydrogens (tertiary/aromatic N) is 2. The number of para-hydroxylation sites is 1. The van der Waals surface area contributed by atoms with Crippen molar-refractivity contribution in [2.45, 2.75) is 38.3 Å². The molecular weight excluding hydrogens is 384 g/mol. The highest BCUT2D eigenvalue weighted by molar-refractivity contribution is 6.23. The summed E-state index contributed by atoms with van der Waals surface area (Å²) in [4.78, 5) is 41.4. The Morgan fingerprint density at radius 2 is 1.67 bits per heavy atom. The van der Waals surface area contributed by atoms with Crippen LogP contribution in [0.1, 0.15) is 26.2 Å². The second-order valence-corrected chi connectivity index (χ2v) is 7.35. The number of amides is 3. The minimum absolute atomic E-state index is 0.0143. The molecule has 30 heavy (non-hydrogen) atoms. The zero-order valence-electron chi connectivity index (χ0n) is 16.8. The third-order valence-electron chi connectivity index (χ3n) is 5.20. The maximum Gasteiger partial charge on any atom is 0.261 e. The predicted octanol–water partition coefficient (Wildman–Crippen LogP) is 2.79. The average molecular weight is 408 g/mol. The summed E-state index contributed by atoms with van der Waals surface area (Å²) >= 11 is 0. The Hall–Kier alpha value is -3.35. The molecule has 1 heterocycles. The fourth-order valence-electron chi connectivity index (χ4n) is 3.68. The van der Waals surface area contributed by atoms with Crippen molar-refractivity contribution in [3.8, 4) is 11.5 Å². The molecule has 7 heteroatoms. The highest BCUT2D eigenvalue weighted by Gasteiger charge is 2.48. The lowest BCUT2D eigenvalue weighted by molar-refractivity contribution is -0.140. The Balaban J connectivity index is 1.48. The van der Waals surface area contributed by atoms with E-state index in [0.29, 0.717) is 23.8 Å². The first-order chi connectivity index (χ1) is 14.6. The van der Waals surface area contributed by atoms with Crippen LogP contribution in [0.4, 0.5) is 5.69 Å². The lowest BCUT2D eigenvalue weighted by Gasteiger charge is -2.27. The highest BCUT2D eigenvalue weighted by atomic mass is 16.5. The van der Waals surface area contributed by atoms with Gasteiger partial charge in [-0.15, -0.1) is 0 Å². The normalized spacial score (nSPS) is 18.4. The van der Waals surface area contributed by atoms with Gasteiger partial charge in [0.05, 0.1) is 18.7 Å². The van der Waals surface area contributed by atoms with E-state index >= 15 is 0 Å². The number of carbonyl (C=O) groups is 3. The summed E-state index contributed by atoms with van der Waals surface area (Å²) in [7, 11) is 0. The molecule has 0 aromatic heterocycles. The van der Waals surface area contributed by atoms with Gasteiger partial charge in [-0.1, -0.05) is 18.2 Å². The van der Waals surface area contributed by atoms with Crippen LogP contribution in [-0.4, -0.2) is 47.9 Å². The molecule has 1 saturated heterocycles. The van der Waals surface area contributed by atoms with E-state index in [0.717, 1.165) is 12.8 Å². The molecule has 156 valence electrons. The number of ether oxygens (including phenoxy) is 2. The topological polar surface area (TPSA) is 76.2 Å². The van der Waals surface area contributed by atoms with E-state index < -0.39 is 6.04 Å². The van der Waals surface area contributed by atoms with Crippen LogP contribution in [0, 0.1) is 0 Å². The molecule has 1 atom stereocenters. The van der Waals surface area contributed by atoms with Crippen LogP contribution in [0.5, 0.6) is 11.5 Å². The molecule has 1 unspecified atom stereocenters. The number of rotatable bonds is 8. The van der Waals surface area contributed by atoms with Crippen LogP contribution in [0.3, 0.4) is 0 Å². The molecule has 1 aliphatic heterocycles. The largest absolute Gasteiger partial charge is 0.494 e. The zero-order valence-corrected chi connectivity index (χ0v) is 16.8. The van der Waals surface area contributed by atoms with Crippen LogP contribution >= 0.6 is 0 Å². The van der Waals surface area contributed by atoms with Gasteiger partial charge in [0.2, 0.25) is 5.91 Å². The molecule has 0 N–H and O–H groups in total. The van der Waals surface area contributed by atoms with Gasteiger partial charge < -0.3 is 14.4 Å². The van der Waals surface area contributed by atoms with Gasteiger partial charge in [0, 0.05) is 6.04 Å². The zero-order chi connectivity index (χ0) is 21.1. The van der Waals surface area contributed by atoms with E-state index in [9.17, 15) is 14.4 Å². The number of hydrogen-bond donors (Lipinski definition) is 0. The van der Waals surface area contributed by atoms with E-state index in [1.165, 1.54) is 4.90 Å². The first-order valence-corrected chi connectivity index (χ1v) is 10.2. The number of benzene rings is 2. The van der Waals surface area contributed by atoms with Crippen molar-refractivity contribution in [2.24, 2.45) is 0 Å². The van der Waals surface area contributed by atoms with Crippen LogP contribution in [0.25, 0.3) is 0 Å². The first-order valence-electron chi connectivity index (χ1n) is 10.2. The first kappa shape index (κ1) is 19.9. The molecule has 2 fully saturated rings. The number of carbonyl (C=O) groups excluding carboxylic acids is 3. The van der Waals surface area contributed by atoms with Gasteiger partial charge >= 0.3 is 0 Å². The third-order valence-corrected chi connectivity index (χ3v) is 5.20. The van der Waals surface area contributed by atoms with E-state index in [1.807, 2.05) is 25.1 Å². The Morgan fingerprint density at radius 1 is 1.00 bits per heavy atom. The summed E-state index contributed by atoms with van der Waals surface area (Å²) in [6, 6.07) is 15.1. The number of imide groups is 1. The van der Waals surface area contributed by atoms with Crippen molar-refractivity contribution in [1.82, 2.24) is 4.90 Å². The molecule has 4 rings (SSSR count). The van der Waals surface area contributed by atoms with Crippen molar-refractivity contribution in [2.75, 3.05) is 18.1 Å². The van der Waals surface area contributed by atoms with Crippen molar-refractivity contribution >= 4 is 23.4 Å². The molecule has 7 nitrogen and oxygen atoms in total. The van der Waals surface area contributed by atoms with Crippen molar-refractivity contribution < 1.29 is 23.9 Å². The third kappa shape index (κ3) is 4.15. The maximum absolute atomic E-state index is 13.1. The summed E-state index contributed by atoms with van der Waals surface area (Å²) in [5, 5.41) is 0. The van der Waals surface area contributed by atoms with Crippen molar-refractivity contribution in [1.29, 1.82) is 0 Å². The fourth-order valence-corrected chi connectivity index (χ4v) is 3.68. The van der Waals surface area contributed by atoms with E-state index in [-0.39, 0.29) is 36.8 Å². The molecule has 2 aromatic rings. The standard InChI is InChI=1S/C23H24N2O5/c1-2-29-19-12-10-17(11-13-19)25-21(26)14-20(23(25)28)24(16-8-9-16)22(27)15-30-18-6-4-3-5-7-18/h3-7,10-13,16,20H,2,8-9,14-15H2,1H3. The Morgan fingerprint density at radius 3 is 2.30 bits per heavy atom. The number of hydrogen-bond acceptors (Lipinski definition) is 5. The monoisotopic (exact) mass is 408 g/mol. The molecule has 1 aliphatic carbocycles. The quantitative estimate of drug-likeness (QED) is 0.628. The Labute approximate surface area is 175 Å². The van der Waals surface area contributed by atoms with Gasteiger partial charge in [0.1, 0.15) is 17.5 Å². The lowest BCUT2D eigenvalue weighted by atomic mass is 10.2. The van der Waals surface area contributed by atoms with E-state index in [4.69, 9.17) is 9.47 Å². The van der Waals surface area contributed by atoms with Gasteiger partial charge in [-0.25, -0.2) is 4.90 Å². The molecule has 3 amide bonds. The summed E-state index contributed by atoms with van der Waals surface area (Å²) in [6.07, 6.45) is 1.65. The average Bonchev–Trinajstić information content (AvgIpc) is 3.54. The molecular formula is C23H24N2O5. The van der Waals surface area contributed by atoms with E-state index in [1.54, 1.807) is 41.3 Å². The molecule has 2 aromatic carbocycles. The predicted molar refractivity (Wildman–Crippen MR) is 110 cm³/mol. The van der Waals surface area contributed by atoms with Gasteiger partial charge in [0.15, 0.2) is 6.61 Å². The smallest absolute Gasteiger partial charge is 0.261 e. The second-order valence-electron chi connectivity index (χ2n) is 7.35. The van der Waals surface area contributed by atoms with E-state index in [2.05, 4.69) is 0 Å². The van der Waals surface area contributed by atoms with Crippen LogP contribution in [0.2, 0.25) is 0 Å². The van der Waals surface area contributed by atoms with Gasteiger partial charge in [-0.3, -0.25) is 14.4 Å². The van der Waals surface area contributed by atoms with Crippen LogP contribution < -0.4 is 14.4 Å². The van der Waals surface area contributed by atoms with Crippen LogP contribution in [0.15, 0.2) is 54.6 Å². The lowest BCUT2D eigenvalue weighted by Crippen LogP contribution is -2.48. The summed E-state index contributed by atoms with van der Waals surface area (Å²) in [5.41, 5.74) is 0.486. The van der Waals surface area contributed by atoms with Gasteiger partial charge in [-0.05, 0) is 56.2 Å². The second kappa shape index (κ2) is 8.57. The van der Waals surface area contributed by atoms with Gasteiger partial charge in [-0.2, -0.15) is 0 Å². The molecule has 2 aliphatic rings. The Kier molecular flexibility index (Phi) is 5.70. The fraction of sp³-hybridized carbons (Fsp3) is 0.348. The van der Waals surface area contributed by atoms with Gasteiger partial charge in [0.25, 0.3) is 11.8 Å². The SMILES string of the molecule is CCOc1ccc(N2C(=O)CC(N(C(=O)COc3ccccc3)C3CC3)C2=O)cc1. The minimum Gasteiger partial charge on any atom is -0.494 e.